The second-order valence-corrected chi connectivity index (χ2v) is 7.81. The zero-order valence-corrected chi connectivity index (χ0v) is 17.2. The predicted octanol–water partition coefficient (Wildman–Crippen LogP) is 2.12. The number of aromatic nitrogens is 3. The molecule has 0 saturated carbocycles. The molecular formula is C22H25N7O. The van der Waals surface area contributed by atoms with Gasteiger partial charge in [-0.2, -0.15) is 0 Å². The Hall–Kier alpha value is -3.39. The second-order valence-electron chi connectivity index (χ2n) is 7.81. The number of carbonyl (C=O) groups excluding carboxylic acids is 1. The number of nitrogens with one attached hydrogen (secondary N) is 1. The average molecular weight is 403 g/mol. The number of hydrogen-bond donors (Lipinski definition) is 2. The maximum atomic E-state index is 12.7. The molecule has 1 aliphatic heterocycles. The topological polar surface area (TPSA) is 91.8 Å². The van der Waals surface area contributed by atoms with Gasteiger partial charge in [-0.3, -0.25) is 9.20 Å². The van der Waals surface area contributed by atoms with Crippen LogP contribution in [0.5, 0.6) is 0 Å². The van der Waals surface area contributed by atoms with Crippen molar-refractivity contribution < 1.29 is 4.79 Å². The van der Waals surface area contributed by atoms with Crippen molar-refractivity contribution in [3.05, 3.63) is 42.0 Å². The molecule has 5 rings (SSSR count). The summed E-state index contributed by atoms with van der Waals surface area (Å²) in [5, 5.41) is 3.44. The molecule has 8 heteroatoms. The molecule has 0 spiro atoms. The summed E-state index contributed by atoms with van der Waals surface area (Å²) in [6, 6.07) is 11.8. The fourth-order valence-corrected chi connectivity index (χ4v) is 4.28. The Kier molecular flexibility index (Phi) is 4.43. The van der Waals surface area contributed by atoms with E-state index in [4.69, 9.17) is 15.7 Å². The van der Waals surface area contributed by atoms with Gasteiger partial charge in [-0.15, -0.1) is 0 Å². The first-order chi connectivity index (χ1) is 14.6. The number of carbonyl (C=O) groups is 1. The van der Waals surface area contributed by atoms with Gasteiger partial charge >= 0.3 is 0 Å². The lowest BCUT2D eigenvalue weighted by Crippen LogP contribution is -2.29. The third-order valence-corrected chi connectivity index (χ3v) is 5.91. The lowest BCUT2D eigenvalue weighted by atomic mass is 10.1. The Balaban J connectivity index is 1.81. The highest BCUT2D eigenvalue weighted by atomic mass is 16.1. The minimum Gasteiger partial charge on any atom is -0.397 e. The van der Waals surface area contributed by atoms with E-state index in [9.17, 15) is 4.79 Å². The van der Waals surface area contributed by atoms with Crippen molar-refractivity contribution in [3.63, 3.8) is 0 Å². The highest BCUT2D eigenvalue weighted by molar-refractivity contribution is 6.12. The highest BCUT2D eigenvalue weighted by Gasteiger charge is 2.23. The Morgan fingerprint density at radius 2 is 1.87 bits per heavy atom. The summed E-state index contributed by atoms with van der Waals surface area (Å²) < 4.78 is 1.96. The number of nitrogens with zero attached hydrogens (tertiary/aromatic N) is 5. The molecule has 0 unspecified atom stereocenters. The van der Waals surface area contributed by atoms with Crippen LogP contribution in [0.1, 0.15) is 16.8 Å². The molecule has 1 aliphatic rings. The molecular weight excluding hydrogens is 378 g/mol. The summed E-state index contributed by atoms with van der Waals surface area (Å²) >= 11 is 0. The summed E-state index contributed by atoms with van der Waals surface area (Å²) in [6.45, 7) is 3.97. The molecule has 0 radical (unpaired) electrons. The van der Waals surface area contributed by atoms with Crippen LogP contribution in [0.15, 0.2) is 36.4 Å². The highest BCUT2D eigenvalue weighted by Crippen LogP contribution is 2.32. The van der Waals surface area contributed by atoms with Crippen LogP contribution in [0.3, 0.4) is 0 Å². The number of para-hydroxylation sites is 2. The van der Waals surface area contributed by atoms with E-state index in [-0.39, 0.29) is 5.91 Å². The molecule has 1 fully saturated rings. The third-order valence-electron chi connectivity index (χ3n) is 5.91. The quantitative estimate of drug-likeness (QED) is 0.533. The van der Waals surface area contributed by atoms with Crippen molar-refractivity contribution in [2.24, 2.45) is 0 Å². The standard InChI is InChI=1S/C22H25N7O/c1-24-22(30)18-19(23)14-8-9-17(28-11-5-10-27(2)12-13-28)26-20(14)29-16-7-4-3-6-15(16)25-21(18)29/h3-4,6-9H,5,10-13,23H2,1-2H3,(H,24,30). The molecule has 30 heavy (non-hydrogen) atoms. The summed E-state index contributed by atoms with van der Waals surface area (Å²) in [5.74, 6) is 0.665. The van der Waals surface area contributed by atoms with E-state index in [2.05, 4.69) is 22.2 Å². The van der Waals surface area contributed by atoms with E-state index in [0.717, 1.165) is 60.5 Å². The van der Waals surface area contributed by atoms with Crippen molar-refractivity contribution in [3.8, 4) is 0 Å². The molecule has 4 aromatic rings. The Morgan fingerprint density at radius 1 is 1.03 bits per heavy atom. The number of hydrogen-bond acceptors (Lipinski definition) is 6. The number of amides is 1. The van der Waals surface area contributed by atoms with E-state index in [0.29, 0.717) is 16.9 Å². The first kappa shape index (κ1) is 18.6. The van der Waals surface area contributed by atoms with Gasteiger partial charge in [0.1, 0.15) is 11.4 Å². The molecule has 3 aromatic heterocycles. The Morgan fingerprint density at radius 3 is 2.70 bits per heavy atom. The molecule has 1 saturated heterocycles. The number of rotatable bonds is 2. The van der Waals surface area contributed by atoms with Crippen molar-refractivity contribution in [2.75, 3.05) is 50.9 Å². The molecule has 8 nitrogen and oxygen atoms in total. The van der Waals surface area contributed by atoms with Gasteiger partial charge < -0.3 is 20.9 Å². The Bertz CT molecular complexity index is 1280. The molecule has 1 aromatic carbocycles. The maximum absolute atomic E-state index is 12.7. The summed E-state index contributed by atoms with van der Waals surface area (Å²) in [6.07, 6.45) is 1.09. The van der Waals surface area contributed by atoms with Gasteiger partial charge in [-0.1, -0.05) is 12.1 Å². The van der Waals surface area contributed by atoms with Gasteiger partial charge in [0, 0.05) is 32.1 Å². The van der Waals surface area contributed by atoms with Crippen LogP contribution in [-0.2, 0) is 0 Å². The molecule has 0 atom stereocenters. The number of nitrogens with two attached hydrogens (primary N) is 1. The number of benzene rings is 1. The van der Waals surface area contributed by atoms with Crippen LogP contribution < -0.4 is 16.0 Å². The molecule has 0 aliphatic carbocycles. The maximum Gasteiger partial charge on any atom is 0.256 e. The first-order valence-electron chi connectivity index (χ1n) is 10.2. The first-order valence-corrected chi connectivity index (χ1v) is 10.2. The smallest absolute Gasteiger partial charge is 0.256 e. The van der Waals surface area contributed by atoms with E-state index < -0.39 is 0 Å². The van der Waals surface area contributed by atoms with E-state index in [1.54, 1.807) is 7.05 Å². The SMILES string of the molecule is CNC(=O)c1c(N)c2ccc(N3CCCN(C)CC3)nc2n2c1nc1ccccc12. The fourth-order valence-electron chi connectivity index (χ4n) is 4.28. The molecule has 0 bridgehead atoms. The summed E-state index contributed by atoms with van der Waals surface area (Å²) in [4.78, 5) is 27.1. The van der Waals surface area contributed by atoms with Crippen molar-refractivity contribution in [1.82, 2.24) is 24.6 Å². The largest absolute Gasteiger partial charge is 0.397 e. The number of imidazole rings is 1. The third kappa shape index (κ3) is 2.83. The van der Waals surface area contributed by atoms with Gasteiger partial charge in [-0.25, -0.2) is 9.97 Å². The second kappa shape index (κ2) is 7.14. The number of likely N-dealkylation sites (N-methyl/N-ethyl adjacent to an activating group) is 1. The predicted molar refractivity (Wildman–Crippen MR) is 120 cm³/mol. The number of anilines is 2. The molecule has 4 heterocycles. The van der Waals surface area contributed by atoms with Crippen LogP contribution in [0.2, 0.25) is 0 Å². The lowest BCUT2D eigenvalue weighted by Gasteiger charge is -2.22. The van der Waals surface area contributed by atoms with Crippen LogP contribution in [0.4, 0.5) is 11.5 Å². The fraction of sp³-hybridized carbons (Fsp3) is 0.318. The lowest BCUT2D eigenvalue weighted by molar-refractivity contribution is 0.0965. The Labute approximate surface area is 174 Å². The monoisotopic (exact) mass is 403 g/mol. The minimum absolute atomic E-state index is 0.255. The van der Waals surface area contributed by atoms with Crippen molar-refractivity contribution in [2.45, 2.75) is 6.42 Å². The number of fused-ring (bicyclic) bond motifs is 5. The summed E-state index contributed by atoms with van der Waals surface area (Å²) in [7, 11) is 3.75. The van der Waals surface area contributed by atoms with Crippen LogP contribution in [0, 0.1) is 0 Å². The molecule has 154 valence electrons. The van der Waals surface area contributed by atoms with Crippen LogP contribution in [-0.4, -0.2) is 65.5 Å². The molecule has 1 amide bonds. The number of pyridine rings is 2. The van der Waals surface area contributed by atoms with E-state index in [1.807, 2.05) is 40.8 Å². The molecule has 3 N–H and O–H groups in total. The number of nitrogen functional groups attached to an aromatic ring is 1. The van der Waals surface area contributed by atoms with Crippen molar-refractivity contribution >= 4 is 45.1 Å². The van der Waals surface area contributed by atoms with Gasteiger partial charge in [0.2, 0.25) is 0 Å². The summed E-state index contributed by atoms with van der Waals surface area (Å²) in [5.41, 5.74) is 10.2. The van der Waals surface area contributed by atoms with Crippen LogP contribution >= 0.6 is 0 Å². The normalized spacial score (nSPS) is 15.7. The van der Waals surface area contributed by atoms with Gasteiger partial charge in [0.15, 0.2) is 11.3 Å². The zero-order chi connectivity index (χ0) is 20.8. The average Bonchev–Trinajstić information content (AvgIpc) is 3.00. The van der Waals surface area contributed by atoms with E-state index >= 15 is 0 Å². The van der Waals surface area contributed by atoms with Gasteiger partial charge in [-0.05, 0) is 44.3 Å². The zero-order valence-electron chi connectivity index (χ0n) is 17.2. The van der Waals surface area contributed by atoms with Crippen molar-refractivity contribution in [1.29, 1.82) is 0 Å². The van der Waals surface area contributed by atoms with E-state index in [1.165, 1.54) is 0 Å². The minimum atomic E-state index is -0.255. The van der Waals surface area contributed by atoms with Gasteiger partial charge in [0.25, 0.3) is 5.91 Å². The van der Waals surface area contributed by atoms with Crippen LogP contribution in [0.25, 0.3) is 27.7 Å². The van der Waals surface area contributed by atoms with Gasteiger partial charge in [0.05, 0.1) is 16.7 Å².